The summed E-state index contributed by atoms with van der Waals surface area (Å²) in [5, 5.41) is 2.01. The summed E-state index contributed by atoms with van der Waals surface area (Å²) in [4.78, 5) is 4.26. The fourth-order valence-corrected chi connectivity index (χ4v) is 2.41. The first kappa shape index (κ1) is 12.3. The zero-order valence-electron chi connectivity index (χ0n) is 10.1. The maximum absolute atomic E-state index is 6.16. The molecular formula is C14H18N2S. The van der Waals surface area contributed by atoms with Gasteiger partial charge in [0.1, 0.15) is 0 Å². The van der Waals surface area contributed by atoms with Crippen LogP contribution in [0.15, 0.2) is 35.2 Å². The lowest BCUT2D eigenvalue weighted by atomic mass is 10.0. The molecule has 2 aromatic rings. The predicted molar refractivity (Wildman–Crippen MR) is 73.2 cm³/mol. The van der Waals surface area contributed by atoms with Crippen molar-refractivity contribution in [3.05, 3.63) is 52.0 Å². The average molecular weight is 246 g/mol. The highest BCUT2D eigenvalue weighted by Crippen LogP contribution is 2.20. The van der Waals surface area contributed by atoms with Crippen molar-refractivity contribution in [1.29, 1.82) is 0 Å². The van der Waals surface area contributed by atoms with Crippen molar-refractivity contribution in [2.45, 2.75) is 32.2 Å². The minimum Gasteiger partial charge on any atom is -0.319 e. The molecule has 0 aliphatic heterocycles. The van der Waals surface area contributed by atoms with Gasteiger partial charge in [-0.25, -0.2) is 4.98 Å². The molecule has 0 saturated heterocycles. The topological polar surface area (TPSA) is 38.9 Å². The van der Waals surface area contributed by atoms with E-state index in [4.69, 9.17) is 5.73 Å². The molecule has 2 N–H and O–H groups in total. The van der Waals surface area contributed by atoms with Crippen LogP contribution >= 0.6 is 11.3 Å². The Hall–Kier alpha value is -1.19. The van der Waals surface area contributed by atoms with Crippen molar-refractivity contribution < 1.29 is 0 Å². The zero-order chi connectivity index (χ0) is 12.1. The molecule has 17 heavy (non-hydrogen) atoms. The highest BCUT2D eigenvalue weighted by atomic mass is 32.1. The Bertz CT molecular complexity index is 434. The van der Waals surface area contributed by atoms with Crippen molar-refractivity contribution in [3.63, 3.8) is 0 Å². The number of hydrogen-bond acceptors (Lipinski definition) is 3. The fraction of sp³-hybridized carbons (Fsp3) is 0.357. The molecule has 1 heterocycles. The first-order chi connectivity index (χ1) is 8.31. The Morgan fingerprint density at radius 3 is 2.65 bits per heavy atom. The number of nitrogens with zero attached hydrogens (tertiary/aromatic N) is 1. The van der Waals surface area contributed by atoms with Crippen LogP contribution in [0.2, 0.25) is 0 Å². The summed E-state index contributed by atoms with van der Waals surface area (Å²) >= 11 is 1.59. The molecule has 0 spiro atoms. The summed E-state index contributed by atoms with van der Waals surface area (Å²) in [6.45, 7) is 2.21. The van der Waals surface area contributed by atoms with E-state index in [1.54, 1.807) is 11.3 Å². The molecule has 1 unspecified atom stereocenters. The van der Waals surface area contributed by atoms with E-state index in [9.17, 15) is 0 Å². The molecule has 1 aromatic carbocycles. The number of thiazole rings is 1. The van der Waals surface area contributed by atoms with Crippen molar-refractivity contribution in [2.75, 3.05) is 0 Å². The van der Waals surface area contributed by atoms with E-state index in [2.05, 4.69) is 36.2 Å². The summed E-state index contributed by atoms with van der Waals surface area (Å²) < 4.78 is 0. The molecule has 2 rings (SSSR count). The van der Waals surface area contributed by atoms with Gasteiger partial charge in [-0.2, -0.15) is 0 Å². The second-order valence-electron chi connectivity index (χ2n) is 4.24. The highest BCUT2D eigenvalue weighted by molar-refractivity contribution is 7.07. The molecule has 3 heteroatoms. The van der Waals surface area contributed by atoms with Crippen molar-refractivity contribution in [3.8, 4) is 0 Å². The monoisotopic (exact) mass is 246 g/mol. The van der Waals surface area contributed by atoms with Crippen LogP contribution in [0.25, 0.3) is 0 Å². The van der Waals surface area contributed by atoms with Crippen LogP contribution in [0.3, 0.4) is 0 Å². The molecule has 1 atom stereocenters. The summed E-state index contributed by atoms with van der Waals surface area (Å²) in [5.74, 6) is 0. The lowest BCUT2D eigenvalue weighted by molar-refractivity contribution is 0.792. The number of aryl methyl sites for hydroxylation is 1. The second-order valence-corrected chi connectivity index (χ2v) is 4.95. The van der Waals surface area contributed by atoms with E-state index in [-0.39, 0.29) is 6.04 Å². The molecule has 0 aliphatic rings. The molecule has 0 fully saturated rings. The molecular weight excluding hydrogens is 228 g/mol. The third-order valence-electron chi connectivity index (χ3n) is 2.93. The minimum absolute atomic E-state index is 0.0959. The number of nitrogens with two attached hydrogens (primary N) is 1. The summed E-state index contributed by atoms with van der Waals surface area (Å²) in [6, 6.07) is 8.50. The number of hydrogen-bond donors (Lipinski definition) is 1. The SMILES string of the molecule is CCCCc1ccc(C(N)c2cscn2)cc1. The van der Waals surface area contributed by atoms with Crippen LogP contribution < -0.4 is 5.73 Å². The van der Waals surface area contributed by atoms with Crippen LogP contribution in [0.5, 0.6) is 0 Å². The summed E-state index contributed by atoms with van der Waals surface area (Å²) in [5.41, 5.74) is 11.5. The number of aromatic nitrogens is 1. The Balaban J connectivity index is 2.07. The second kappa shape index (κ2) is 5.94. The normalized spacial score (nSPS) is 12.6. The maximum Gasteiger partial charge on any atom is 0.0795 e. The third kappa shape index (κ3) is 3.14. The maximum atomic E-state index is 6.16. The van der Waals surface area contributed by atoms with Gasteiger partial charge in [-0.1, -0.05) is 37.6 Å². The molecule has 0 bridgehead atoms. The number of unbranched alkanes of at least 4 members (excludes halogenated alkanes) is 1. The van der Waals surface area contributed by atoms with Crippen molar-refractivity contribution in [2.24, 2.45) is 5.73 Å². The van der Waals surface area contributed by atoms with Gasteiger partial charge in [0.25, 0.3) is 0 Å². The van der Waals surface area contributed by atoms with Crippen LogP contribution in [-0.2, 0) is 6.42 Å². The third-order valence-corrected chi connectivity index (χ3v) is 3.53. The van der Waals surface area contributed by atoms with Crippen molar-refractivity contribution >= 4 is 11.3 Å². The van der Waals surface area contributed by atoms with Gasteiger partial charge >= 0.3 is 0 Å². The zero-order valence-corrected chi connectivity index (χ0v) is 10.9. The average Bonchev–Trinajstić information content (AvgIpc) is 2.90. The van der Waals surface area contributed by atoms with E-state index in [1.165, 1.54) is 18.4 Å². The first-order valence-corrected chi connectivity index (χ1v) is 6.98. The van der Waals surface area contributed by atoms with Gasteiger partial charge in [0.05, 0.1) is 17.2 Å². The van der Waals surface area contributed by atoms with Gasteiger partial charge in [0.15, 0.2) is 0 Å². The van der Waals surface area contributed by atoms with Crippen LogP contribution in [0.1, 0.15) is 42.6 Å². The van der Waals surface area contributed by atoms with Crippen LogP contribution in [0, 0.1) is 0 Å². The molecule has 0 aliphatic carbocycles. The molecule has 0 radical (unpaired) electrons. The Morgan fingerprint density at radius 2 is 2.06 bits per heavy atom. The molecule has 0 amide bonds. The summed E-state index contributed by atoms with van der Waals surface area (Å²) in [6.07, 6.45) is 3.64. The van der Waals surface area contributed by atoms with E-state index >= 15 is 0 Å². The molecule has 2 nitrogen and oxygen atoms in total. The predicted octanol–water partition coefficient (Wildman–Crippen LogP) is 3.53. The number of benzene rings is 1. The lowest BCUT2D eigenvalue weighted by Gasteiger charge is -2.10. The van der Waals surface area contributed by atoms with Gasteiger partial charge in [-0.15, -0.1) is 11.3 Å². The quantitative estimate of drug-likeness (QED) is 0.876. The number of rotatable bonds is 5. The lowest BCUT2D eigenvalue weighted by Crippen LogP contribution is -2.12. The standard InChI is InChI=1S/C14H18N2S/c1-2-3-4-11-5-7-12(8-6-11)14(15)13-9-17-10-16-13/h5-10,14H,2-4,15H2,1H3. The van der Waals surface area contributed by atoms with Crippen LogP contribution in [-0.4, -0.2) is 4.98 Å². The Labute approximate surface area is 107 Å². The summed E-state index contributed by atoms with van der Waals surface area (Å²) in [7, 11) is 0. The van der Waals surface area contributed by atoms with E-state index in [1.807, 2.05) is 10.9 Å². The van der Waals surface area contributed by atoms with E-state index < -0.39 is 0 Å². The van der Waals surface area contributed by atoms with Gasteiger partial charge in [0, 0.05) is 5.38 Å². The van der Waals surface area contributed by atoms with Gasteiger partial charge in [-0.05, 0) is 24.0 Å². The highest BCUT2D eigenvalue weighted by Gasteiger charge is 2.10. The Kier molecular flexibility index (Phi) is 4.29. The van der Waals surface area contributed by atoms with E-state index in [0.29, 0.717) is 0 Å². The fourth-order valence-electron chi connectivity index (χ4n) is 1.82. The Morgan fingerprint density at radius 1 is 1.29 bits per heavy atom. The molecule has 90 valence electrons. The van der Waals surface area contributed by atoms with Gasteiger partial charge in [-0.3, -0.25) is 0 Å². The van der Waals surface area contributed by atoms with Crippen LogP contribution in [0.4, 0.5) is 0 Å². The molecule has 1 aromatic heterocycles. The van der Waals surface area contributed by atoms with E-state index in [0.717, 1.165) is 17.7 Å². The largest absolute Gasteiger partial charge is 0.319 e. The van der Waals surface area contributed by atoms with Gasteiger partial charge < -0.3 is 5.73 Å². The van der Waals surface area contributed by atoms with Gasteiger partial charge in [0.2, 0.25) is 0 Å². The van der Waals surface area contributed by atoms with Crippen molar-refractivity contribution in [1.82, 2.24) is 4.98 Å². The minimum atomic E-state index is -0.0959. The smallest absolute Gasteiger partial charge is 0.0795 e. The molecule has 0 saturated carbocycles. The first-order valence-electron chi connectivity index (χ1n) is 6.03.